The van der Waals surface area contributed by atoms with Crippen molar-refractivity contribution in [2.24, 2.45) is 0 Å². The second-order valence-electron chi connectivity index (χ2n) is 7.19. The van der Waals surface area contributed by atoms with E-state index in [9.17, 15) is 9.59 Å². The fourth-order valence-corrected chi connectivity index (χ4v) is 3.50. The van der Waals surface area contributed by atoms with E-state index in [0.717, 1.165) is 27.8 Å². The van der Waals surface area contributed by atoms with Crippen molar-refractivity contribution in [2.75, 3.05) is 14.2 Å². The standard InChI is InChI=1S/C25H25NO4.Li.H/c1-17-6-4-5-7-22(17)23(16-24(27)26(2)30-3)20-12-8-18(9-13-20)19-10-14-21(15-11-19)25(28)29;;/h4-15,23H,16H2,1-3H3,(H,28,29);;/t23-;;/m1../s1. The third kappa shape index (κ3) is 5.86. The minimum absolute atomic E-state index is 0. The maximum atomic E-state index is 12.6. The Hall–Kier alpha value is -2.84. The Morgan fingerprint density at radius 2 is 1.48 bits per heavy atom. The van der Waals surface area contributed by atoms with E-state index in [1.807, 2.05) is 49.4 Å². The second kappa shape index (κ2) is 11.0. The Balaban J connectivity index is 0.00000341. The molecule has 6 heteroatoms. The van der Waals surface area contributed by atoms with E-state index in [-0.39, 0.29) is 36.2 Å². The van der Waals surface area contributed by atoms with Gasteiger partial charge in [-0.15, -0.1) is 0 Å². The number of amides is 1. The Kier molecular flexibility index (Phi) is 8.64. The molecule has 3 aromatic carbocycles. The molecule has 3 rings (SSSR count). The molecular weight excluding hydrogens is 385 g/mol. The number of aryl methyl sites for hydroxylation is 1. The van der Waals surface area contributed by atoms with Crippen LogP contribution in [0.2, 0.25) is 0 Å². The van der Waals surface area contributed by atoms with Crippen molar-refractivity contribution in [3.8, 4) is 11.1 Å². The summed E-state index contributed by atoms with van der Waals surface area (Å²) in [7, 11) is 3.09. The van der Waals surface area contributed by atoms with Crippen molar-refractivity contribution in [3.63, 3.8) is 0 Å². The number of carbonyl (C=O) groups excluding carboxylic acids is 1. The number of carbonyl (C=O) groups is 2. The molecule has 0 aliphatic rings. The Morgan fingerprint density at radius 1 is 0.935 bits per heavy atom. The molecule has 0 bridgehead atoms. The molecule has 0 aliphatic heterocycles. The summed E-state index contributed by atoms with van der Waals surface area (Å²) in [5, 5.41) is 10.3. The van der Waals surface area contributed by atoms with Gasteiger partial charge in [-0.05, 0) is 46.9 Å². The third-order valence-corrected chi connectivity index (χ3v) is 5.35. The first-order chi connectivity index (χ1) is 14.4. The molecule has 1 N–H and O–H groups in total. The monoisotopic (exact) mass is 411 g/mol. The van der Waals surface area contributed by atoms with Crippen LogP contribution in [0.1, 0.15) is 39.4 Å². The van der Waals surface area contributed by atoms with Gasteiger partial charge in [-0.1, -0.05) is 60.7 Å². The van der Waals surface area contributed by atoms with Crippen LogP contribution in [0.15, 0.2) is 72.8 Å². The first kappa shape index (κ1) is 24.4. The second-order valence-corrected chi connectivity index (χ2v) is 7.19. The van der Waals surface area contributed by atoms with Crippen LogP contribution in [0.4, 0.5) is 0 Å². The van der Waals surface area contributed by atoms with Crippen molar-refractivity contribution in [3.05, 3.63) is 95.1 Å². The van der Waals surface area contributed by atoms with E-state index in [4.69, 9.17) is 9.94 Å². The van der Waals surface area contributed by atoms with Crippen LogP contribution in [0.3, 0.4) is 0 Å². The van der Waals surface area contributed by atoms with Gasteiger partial charge >= 0.3 is 24.8 Å². The summed E-state index contributed by atoms with van der Waals surface area (Å²) in [6.07, 6.45) is 0.294. The SMILES string of the molecule is CON(C)C(=O)C[C@H](c1ccc(-c2ccc(C(=O)O)cc2)cc1)c1ccccc1C.[LiH]. The Labute approximate surface area is 194 Å². The maximum absolute atomic E-state index is 12.6. The molecule has 0 heterocycles. The molecule has 0 saturated heterocycles. The number of hydroxylamine groups is 2. The molecule has 1 atom stereocenters. The number of carboxylic acid groups (broad SMARTS) is 1. The third-order valence-electron chi connectivity index (χ3n) is 5.35. The number of rotatable bonds is 7. The number of aromatic carboxylic acids is 1. The van der Waals surface area contributed by atoms with Gasteiger partial charge in [0.05, 0.1) is 12.7 Å². The zero-order chi connectivity index (χ0) is 21.7. The first-order valence-corrected chi connectivity index (χ1v) is 9.70. The average Bonchev–Trinajstić information content (AvgIpc) is 2.77. The summed E-state index contributed by atoms with van der Waals surface area (Å²) in [4.78, 5) is 28.7. The van der Waals surface area contributed by atoms with Gasteiger partial charge in [-0.3, -0.25) is 9.63 Å². The fourth-order valence-electron chi connectivity index (χ4n) is 3.50. The number of hydrogen-bond acceptors (Lipinski definition) is 3. The molecule has 31 heavy (non-hydrogen) atoms. The van der Waals surface area contributed by atoms with Gasteiger partial charge in [0, 0.05) is 19.4 Å². The zero-order valence-corrected chi connectivity index (χ0v) is 17.3. The van der Waals surface area contributed by atoms with Gasteiger partial charge in [0.1, 0.15) is 0 Å². The van der Waals surface area contributed by atoms with Gasteiger partial charge < -0.3 is 5.11 Å². The van der Waals surface area contributed by atoms with Crippen LogP contribution in [-0.4, -0.2) is 55.1 Å². The predicted molar refractivity (Wildman–Crippen MR) is 123 cm³/mol. The molecule has 0 aromatic heterocycles. The molecule has 5 nitrogen and oxygen atoms in total. The van der Waals surface area contributed by atoms with E-state index in [1.165, 1.54) is 12.2 Å². The molecule has 1 amide bonds. The van der Waals surface area contributed by atoms with Crippen LogP contribution >= 0.6 is 0 Å². The van der Waals surface area contributed by atoms with E-state index in [1.54, 1.807) is 31.3 Å². The van der Waals surface area contributed by atoms with E-state index in [0.29, 0.717) is 6.42 Å². The number of hydrogen-bond donors (Lipinski definition) is 1. The van der Waals surface area contributed by atoms with Gasteiger partial charge in [-0.25, -0.2) is 9.86 Å². The van der Waals surface area contributed by atoms with Crippen molar-refractivity contribution in [1.82, 2.24) is 5.06 Å². The summed E-state index contributed by atoms with van der Waals surface area (Å²) < 4.78 is 0. The molecule has 0 spiro atoms. The predicted octanol–water partition coefficient (Wildman–Crippen LogP) is 4.25. The summed E-state index contributed by atoms with van der Waals surface area (Å²) in [5.74, 6) is -1.14. The van der Waals surface area contributed by atoms with Crippen LogP contribution < -0.4 is 0 Å². The number of benzene rings is 3. The number of nitrogens with zero attached hydrogens (tertiary/aromatic N) is 1. The topological polar surface area (TPSA) is 66.8 Å². The molecule has 0 saturated carbocycles. The van der Waals surface area contributed by atoms with Gasteiger partial charge in [-0.2, -0.15) is 0 Å². The molecule has 0 radical (unpaired) electrons. The molecule has 156 valence electrons. The van der Waals surface area contributed by atoms with Crippen LogP contribution in [0.5, 0.6) is 0 Å². The summed E-state index contributed by atoms with van der Waals surface area (Å²) in [5.41, 5.74) is 5.45. The Bertz CT molecular complexity index is 1030. The fraction of sp³-hybridized carbons (Fsp3) is 0.200. The van der Waals surface area contributed by atoms with Crippen LogP contribution in [0.25, 0.3) is 11.1 Å². The van der Waals surface area contributed by atoms with Gasteiger partial charge in [0.25, 0.3) is 0 Å². The van der Waals surface area contributed by atoms with Crippen molar-refractivity contribution < 1.29 is 19.5 Å². The van der Waals surface area contributed by atoms with E-state index in [2.05, 4.69) is 6.07 Å². The quantitative estimate of drug-likeness (QED) is 0.466. The van der Waals surface area contributed by atoms with E-state index >= 15 is 0 Å². The van der Waals surface area contributed by atoms with E-state index < -0.39 is 5.97 Å². The van der Waals surface area contributed by atoms with Crippen LogP contribution in [-0.2, 0) is 9.63 Å². The van der Waals surface area contributed by atoms with Crippen molar-refractivity contribution >= 4 is 30.7 Å². The minimum atomic E-state index is -0.941. The van der Waals surface area contributed by atoms with Crippen molar-refractivity contribution in [2.45, 2.75) is 19.3 Å². The van der Waals surface area contributed by atoms with Gasteiger partial charge in [0.2, 0.25) is 5.91 Å². The zero-order valence-electron chi connectivity index (χ0n) is 17.3. The van der Waals surface area contributed by atoms with Gasteiger partial charge in [0.15, 0.2) is 0 Å². The average molecular weight is 411 g/mol. The molecule has 0 unspecified atom stereocenters. The first-order valence-electron chi connectivity index (χ1n) is 9.70. The summed E-state index contributed by atoms with van der Waals surface area (Å²) in [6.45, 7) is 2.05. The Morgan fingerprint density at radius 3 is 2.00 bits per heavy atom. The molecule has 0 fully saturated rings. The van der Waals surface area contributed by atoms with Crippen molar-refractivity contribution in [1.29, 1.82) is 0 Å². The molecule has 0 aliphatic carbocycles. The number of carboxylic acids is 1. The molecular formula is C25H26LiNO4. The summed E-state index contributed by atoms with van der Waals surface area (Å²) >= 11 is 0. The van der Waals surface area contributed by atoms with Crippen LogP contribution in [0, 0.1) is 6.92 Å². The molecule has 3 aromatic rings. The normalized spacial score (nSPS) is 11.3. The summed E-state index contributed by atoms with van der Waals surface area (Å²) in [6, 6.07) is 22.9.